The van der Waals surface area contributed by atoms with E-state index in [9.17, 15) is 10.1 Å². The normalized spacial score (nSPS) is 24.9. The van der Waals surface area contributed by atoms with Gasteiger partial charge >= 0.3 is 5.00 Å². The molecule has 0 amide bonds. The van der Waals surface area contributed by atoms with E-state index < -0.39 is 0 Å². The molecule has 2 heterocycles. The average Bonchev–Trinajstić information content (AvgIpc) is 2.94. The lowest BCUT2D eigenvalue weighted by atomic mass is 9.99. The lowest BCUT2D eigenvalue weighted by molar-refractivity contribution is -0.380. The van der Waals surface area contributed by atoms with Crippen LogP contribution in [0.15, 0.2) is 12.1 Å². The van der Waals surface area contributed by atoms with Crippen LogP contribution < -0.4 is 5.73 Å². The van der Waals surface area contributed by atoms with Crippen molar-refractivity contribution < 1.29 is 4.92 Å². The van der Waals surface area contributed by atoms with Crippen molar-refractivity contribution in [2.75, 3.05) is 13.1 Å². The van der Waals surface area contributed by atoms with E-state index in [0.29, 0.717) is 18.5 Å². The predicted octanol–water partition coefficient (Wildman–Crippen LogP) is 2.39. The molecular weight excluding hydrogens is 250 g/mol. The lowest BCUT2D eigenvalue weighted by Crippen LogP contribution is -2.32. The molecule has 0 spiro atoms. The van der Waals surface area contributed by atoms with Crippen molar-refractivity contribution in [2.24, 2.45) is 11.7 Å². The van der Waals surface area contributed by atoms with Crippen LogP contribution in [0, 0.1) is 16.0 Å². The van der Waals surface area contributed by atoms with Crippen LogP contribution in [0.25, 0.3) is 0 Å². The monoisotopic (exact) mass is 269 g/mol. The molecule has 1 aliphatic heterocycles. The molecule has 0 aliphatic carbocycles. The van der Waals surface area contributed by atoms with Crippen molar-refractivity contribution in [2.45, 2.75) is 32.4 Å². The fraction of sp³-hybridized carbons (Fsp3) is 0.667. The van der Waals surface area contributed by atoms with E-state index in [2.05, 4.69) is 18.7 Å². The van der Waals surface area contributed by atoms with Gasteiger partial charge in [0.25, 0.3) is 0 Å². The zero-order valence-corrected chi connectivity index (χ0v) is 11.5. The Morgan fingerprint density at radius 2 is 2.33 bits per heavy atom. The van der Waals surface area contributed by atoms with Crippen LogP contribution in [0.5, 0.6) is 0 Å². The van der Waals surface area contributed by atoms with E-state index >= 15 is 0 Å². The molecule has 1 fully saturated rings. The standard InChI is InChI=1S/C12H19N3O2S/c1-8(2)14-6-5-9(7-13)12(14)10-3-4-11(18-10)15(16)17/h3-4,8-9,12H,5-7,13H2,1-2H3. The molecule has 1 aliphatic rings. The van der Waals surface area contributed by atoms with Gasteiger partial charge in [0.2, 0.25) is 0 Å². The zero-order chi connectivity index (χ0) is 13.3. The van der Waals surface area contributed by atoms with Crippen molar-refractivity contribution in [3.63, 3.8) is 0 Å². The highest BCUT2D eigenvalue weighted by molar-refractivity contribution is 7.15. The van der Waals surface area contributed by atoms with Gasteiger partial charge in [-0.15, -0.1) is 0 Å². The fourth-order valence-corrected chi connectivity index (χ4v) is 3.74. The maximum atomic E-state index is 10.8. The van der Waals surface area contributed by atoms with E-state index in [1.807, 2.05) is 6.07 Å². The van der Waals surface area contributed by atoms with E-state index in [4.69, 9.17) is 5.73 Å². The number of rotatable bonds is 4. The van der Waals surface area contributed by atoms with E-state index in [1.54, 1.807) is 6.07 Å². The smallest absolute Gasteiger partial charge is 0.324 e. The zero-order valence-electron chi connectivity index (χ0n) is 10.7. The van der Waals surface area contributed by atoms with Crippen molar-refractivity contribution in [1.29, 1.82) is 0 Å². The summed E-state index contributed by atoms with van der Waals surface area (Å²) in [7, 11) is 0. The Kier molecular flexibility index (Phi) is 3.99. The average molecular weight is 269 g/mol. The van der Waals surface area contributed by atoms with Crippen LogP contribution >= 0.6 is 11.3 Å². The largest absolute Gasteiger partial charge is 0.330 e. The third kappa shape index (κ3) is 2.41. The summed E-state index contributed by atoms with van der Waals surface area (Å²) in [5, 5.41) is 11.0. The summed E-state index contributed by atoms with van der Waals surface area (Å²) in [6.45, 7) is 5.98. The fourth-order valence-electron chi connectivity index (χ4n) is 2.70. The highest BCUT2D eigenvalue weighted by Gasteiger charge is 2.37. The van der Waals surface area contributed by atoms with Crippen LogP contribution in [0.4, 0.5) is 5.00 Å². The molecule has 1 saturated heterocycles. The van der Waals surface area contributed by atoms with Crippen molar-refractivity contribution in [3.05, 3.63) is 27.1 Å². The minimum atomic E-state index is -0.319. The third-order valence-corrected chi connectivity index (χ3v) is 4.72. The Balaban J connectivity index is 2.28. The van der Waals surface area contributed by atoms with Gasteiger partial charge < -0.3 is 5.73 Å². The van der Waals surface area contributed by atoms with Gasteiger partial charge in [0.05, 0.1) is 4.92 Å². The van der Waals surface area contributed by atoms with Gasteiger partial charge in [0.15, 0.2) is 0 Å². The number of thiophene rings is 1. The molecule has 1 aromatic heterocycles. The molecular formula is C12H19N3O2S. The third-order valence-electron chi connectivity index (χ3n) is 3.61. The van der Waals surface area contributed by atoms with Crippen LogP contribution in [-0.4, -0.2) is 29.0 Å². The maximum absolute atomic E-state index is 10.8. The molecule has 1 aromatic rings. The molecule has 6 heteroatoms. The number of hydrogen-bond donors (Lipinski definition) is 1. The molecule has 100 valence electrons. The Morgan fingerprint density at radius 1 is 1.61 bits per heavy atom. The van der Waals surface area contributed by atoms with Gasteiger partial charge in [-0.25, -0.2) is 0 Å². The van der Waals surface area contributed by atoms with Crippen LogP contribution in [-0.2, 0) is 0 Å². The minimum absolute atomic E-state index is 0.219. The SMILES string of the molecule is CC(C)N1CCC(CN)C1c1ccc([N+](=O)[O-])s1. The number of nitrogens with two attached hydrogens (primary N) is 1. The van der Waals surface area contributed by atoms with Gasteiger partial charge in [-0.3, -0.25) is 15.0 Å². The topological polar surface area (TPSA) is 72.4 Å². The lowest BCUT2D eigenvalue weighted by Gasteiger charge is -2.30. The first-order valence-corrected chi connectivity index (χ1v) is 7.06. The Hall–Kier alpha value is -0.980. The molecule has 0 aromatic carbocycles. The highest BCUT2D eigenvalue weighted by atomic mass is 32.1. The quantitative estimate of drug-likeness (QED) is 0.673. The summed E-state index contributed by atoms with van der Waals surface area (Å²) in [6, 6.07) is 4.17. The number of nitro groups is 1. The molecule has 2 atom stereocenters. The molecule has 18 heavy (non-hydrogen) atoms. The van der Waals surface area contributed by atoms with E-state index in [-0.39, 0.29) is 16.0 Å². The molecule has 2 unspecified atom stereocenters. The Labute approximate surface area is 111 Å². The first kappa shape index (κ1) is 13.5. The summed E-state index contributed by atoms with van der Waals surface area (Å²) in [4.78, 5) is 13.9. The second kappa shape index (κ2) is 5.34. The first-order valence-electron chi connectivity index (χ1n) is 6.24. The number of likely N-dealkylation sites (tertiary alicyclic amines) is 1. The molecule has 0 radical (unpaired) electrons. The summed E-state index contributed by atoms with van der Waals surface area (Å²) < 4.78 is 0. The van der Waals surface area contributed by atoms with Gasteiger partial charge in [-0.1, -0.05) is 11.3 Å². The summed E-state index contributed by atoms with van der Waals surface area (Å²) in [5.41, 5.74) is 5.83. The molecule has 5 nitrogen and oxygen atoms in total. The molecule has 0 saturated carbocycles. The summed E-state index contributed by atoms with van der Waals surface area (Å²) in [6.07, 6.45) is 1.07. The van der Waals surface area contributed by atoms with Crippen LogP contribution in [0.3, 0.4) is 0 Å². The number of hydrogen-bond acceptors (Lipinski definition) is 5. The highest BCUT2D eigenvalue weighted by Crippen LogP contribution is 2.42. The van der Waals surface area contributed by atoms with E-state index in [1.165, 1.54) is 11.3 Å². The second-order valence-corrected chi connectivity index (χ2v) is 6.09. The Morgan fingerprint density at radius 3 is 2.83 bits per heavy atom. The van der Waals surface area contributed by atoms with E-state index in [0.717, 1.165) is 17.8 Å². The van der Waals surface area contributed by atoms with Gasteiger partial charge in [0.1, 0.15) is 0 Å². The van der Waals surface area contributed by atoms with Crippen LogP contribution in [0.1, 0.15) is 31.2 Å². The Bertz CT molecular complexity index is 433. The summed E-state index contributed by atoms with van der Waals surface area (Å²) >= 11 is 1.28. The van der Waals surface area contributed by atoms with Crippen molar-refractivity contribution in [3.8, 4) is 0 Å². The van der Waals surface area contributed by atoms with Crippen LogP contribution in [0.2, 0.25) is 0 Å². The minimum Gasteiger partial charge on any atom is -0.330 e. The first-order chi connectivity index (χ1) is 8.54. The molecule has 2 N–H and O–H groups in total. The van der Waals surface area contributed by atoms with Gasteiger partial charge in [0, 0.05) is 23.0 Å². The van der Waals surface area contributed by atoms with Gasteiger partial charge in [-0.2, -0.15) is 0 Å². The second-order valence-electron chi connectivity index (χ2n) is 4.99. The number of nitrogens with zero attached hydrogens (tertiary/aromatic N) is 2. The van der Waals surface area contributed by atoms with Crippen molar-refractivity contribution >= 4 is 16.3 Å². The van der Waals surface area contributed by atoms with Crippen molar-refractivity contribution in [1.82, 2.24) is 4.90 Å². The summed E-state index contributed by atoms with van der Waals surface area (Å²) in [5.74, 6) is 0.408. The van der Waals surface area contributed by atoms with Gasteiger partial charge in [-0.05, 0) is 45.3 Å². The maximum Gasteiger partial charge on any atom is 0.324 e. The molecule has 0 bridgehead atoms. The predicted molar refractivity (Wildman–Crippen MR) is 72.7 cm³/mol. The molecule has 2 rings (SSSR count).